The van der Waals surface area contributed by atoms with Gasteiger partial charge in [-0.15, -0.1) is 0 Å². The third-order valence-electron chi connectivity index (χ3n) is 3.65. The maximum Gasteiger partial charge on any atom is 0.157 e. The second-order valence-electron chi connectivity index (χ2n) is 4.77. The van der Waals surface area contributed by atoms with Crippen LogP contribution in [0.5, 0.6) is 0 Å². The molecule has 0 spiro atoms. The molecule has 0 aromatic carbocycles. The van der Waals surface area contributed by atoms with Gasteiger partial charge in [0.15, 0.2) is 5.65 Å². The van der Waals surface area contributed by atoms with E-state index in [1.165, 1.54) is 25.0 Å². The summed E-state index contributed by atoms with van der Waals surface area (Å²) in [4.78, 5) is 4.74. The summed E-state index contributed by atoms with van der Waals surface area (Å²) in [6.45, 7) is 2.25. The lowest BCUT2D eigenvalue weighted by Crippen LogP contribution is -2.08. The summed E-state index contributed by atoms with van der Waals surface area (Å²) < 4.78 is 1.85. The van der Waals surface area contributed by atoms with Gasteiger partial charge in [0.25, 0.3) is 0 Å². The molecule has 0 amide bonds. The van der Waals surface area contributed by atoms with Gasteiger partial charge in [-0.1, -0.05) is 6.92 Å². The van der Waals surface area contributed by atoms with Gasteiger partial charge in [0.05, 0.1) is 6.20 Å². The van der Waals surface area contributed by atoms with Gasteiger partial charge in [-0.05, 0) is 25.2 Å². The molecule has 3 rings (SSSR count). The van der Waals surface area contributed by atoms with Crippen LogP contribution in [0, 0.1) is 5.92 Å². The smallest absolute Gasteiger partial charge is 0.157 e. The van der Waals surface area contributed by atoms with Crippen molar-refractivity contribution in [2.75, 3.05) is 12.4 Å². The number of nitrogens with one attached hydrogen (secondary N) is 1. The fourth-order valence-corrected chi connectivity index (χ4v) is 2.58. The first-order valence-corrected chi connectivity index (χ1v) is 6.36. The van der Waals surface area contributed by atoms with Crippen molar-refractivity contribution in [1.29, 1.82) is 0 Å². The predicted octanol–water partition coefficient (Wildman–Crippen LogP) is 2.67. The number of rotatable bonds is 4. The van der Waals surface area contributed by atoms with E-state index in [9.17, 15) is 0 Å². The fraction of sp³-hybridized carbons (Fsp3) is 0.538. The Morgan fingerprint density at radius 1 is 1.53 bits per heavy atom. The van der Waals surface area contributed by atoms with Crippen molar-refractivity contribution < 1.29 is 0 Å². The van der Waals surface area contributed by atoms with Gasteiger partial charge in [0.2, 0.25) is 0 Å². The summed E-state index contributed by atoms with van der Waals surface area (Å²) in [6, 6.07) is 4.11. The maximum atomic E-state index is 4.74. The Hall–Kier alpha value is -1.58. The van der Waals surface area contributed by atoms with Gasteiger partial charge in [-0.25, -0.2) is 4.98 Å². The van der Waals surface area contributed by atoms with E-state index in [4.69, 9.17) is 4.98 Å². The topological polar surface area (TPSA) is 42.2 Å². The quantitative estimate of drug-likeness (QED) is 0.878. The van der Waals surface area contributed by atoms with Crippen molar-refractivity contribution in [3.8, 4) is 0 Å². The van der Waals surface area contributed by atoms with Crippen LogP contribution < -0.4 is 5.32 Å². The molecule has 1 fully saturated rings. The monoisotopic (exact) mass is 230 g/mol. The highest BCUT2D eigenvalue weighted by molar-refractivity contribution is 5.49. The van der Waals surface area contributed by atoms with Gasteiger partial charge >= 0.3 is 0 Å². The minimum absolute atomic E-state index is 0.613. The van der Waals surface area contributed by atoms with Crippen LogP contribution in [0.1, 0.15) is 37.8 Å². The summed E-state index contributed by atoms with van der Waals surface area (Å²) in [6.07, 6.45) is 5.69. The minimum atomic E-state index is 0.613. The molecule has 1 unspecified atom stereocenters. The summed E-state index contributed by atoms with van der Waals surface area (Å²) in [5.41, 5.74) is 2.15. The average molecular weight is 230 g/mol. The highest BCUT2D eigenvalue weighted by Crippen LogP contribution is 2.44. The van der Waals surface area contributed by atoms with Crippen molar-refractivity contribution >= 4 is 11.5 Å². The zero-order valence-corrected chi connectivity index (χ0v) is 10.3. The van der Waals surface area contributed by atoms with E-state index in [1.54, 1.807) is 6.20 Å². The van der Waals surface area contributed by atoms with E-state index < -0.39 is 0 Å². The van der Waals surface area contributed by atoms with Crippen LogP contribution in [0.25, 0.3) is 5.65 Å². The van der Waals surface area contributed by atoms with Crippen LogP contribution in [0.15, 0.2) is 18.3 Å². The lowest BCUT2D eigenvalue weighted by Gasteiger charge is -2.15. The van der Waals surface area contributed by atoms with E-state index >= 15 is 0 Å². The van der Waals surface area contributed by atoms with Crippen LogP contribution in [-0.4, -0.2) is 21.6 Å². The van der Waals surface area contributed by atoms with Gasteiger partial charge in [-0.3, -0.25) is 0 Å². The molecule has 4 nitrogen and oxygen atoms in total. The number of fused-ring (bicyclic) bond motifs is 1. The molecule has 1 saturated carbocycles. The molecule has 1 aliphatic rings. The number of anilines is 1. The standard InChI is InChI=1S/C13H18N4/c1-3-10(9-4-5-9)11-8-13(14-2)17-12(16-11)6-7-15-17/h6-10,14H,3-5H2,1-2H3. The summed E-state index contributed by atoms with van der Waals surface area (Å²) in [5, 5.41) is 7.46. The van der Waals surface area contributed by atoms with Gasteiger partial charge in [0, 0.05) is 30.8 Å². The largest absolute Gasteiger partial charge is 0.373 e. The second kappa shape index (κ2) is 4.02. The first kappa shape index (κ1) is 10.6. The fourth-order valence-electron chi connectivity index (χ4n) is 2.58. The van der Waals surface area contributed by atoms with Crippen LogP contribution in [0.4, 0.5) is 5.82 Å². The molecule has 2 aromatic rings. The van der Waals surface area contributed by atoms with Crippen LogP contribution in [-0.2, 0) is 0 Å². The van der Waals surface area contributed by atoms with E-state index in [2.05, 4.69) is 23.4 Å². The van der Waals surface area contributed by atoms with Crippen molar-refractivity contribution in [2.45, 2.75) is 32.1 Å². The molecule has 1 aliphatic carbocycles. The Kier molecular flexibility index (Phi) is 2.50. The molecule has 1 atom stereocenters. The maximum absolute atomic E-state index is 4.74. The molecule has 0 radical (unpaired) electrons. The Bertz CT molecular complexity index is 527. The van der Waals surface area contributed by atoms with Crippen molar-refractivity contribution in [2.24, 2.45) is 5.92 Å². The highest BCUT2D eigenvalue weighted by atomic mass is 15.3. The Morgan fingerprint density at radius 3 is 3.00 bits per heavy atom. The lowest BCUT2D eigenvalue weighted by molar-refractivity contribution is 0.571. The highest BCUT2D eigenvalue weighted by Gasteiger charge is 2.32. The molecule has 90 valence electrons. The number of hydrogen-bond acceptors (Lipinski definition) is 3. The first-order chi connectivity index (χ1) is 8.33. The molecular formula is C13H18N4. The van der Waals surface area contributed by atoms with E-state index in [-0.39, 0.29) is 0 Å². The summed E-state index contributed by atoms with van der Waals surface area (Å²) in [7, 11) is 1.93. The van der Waals surface area contributed by atoms with Crippen molar-refractivity contribution in [1.82, 2.24) is 14.6 Å². The molecule has 0 bridgehead atoms. The van der Waals surface area contributed by atoms with Gasteiger partial charge in [0.1, 0.15) is 5.82 Å². The van der Waals surface area contributed by atoms with Gasteiger partial charge < -0.3 is 5.32 Å². The average Bonchev–Trinajstić information content (AvgIpc) is 3.06. The molecule has 0 aliphatic heterocycles. The van der Waals surface area contributed by atoms with E-state index in [0.717, 1.165) is 17.4 Å². The van der Waals surface area contributed by atoms with Gasteiger partial charge in [-0.2, -0.15) is 9.61 Å². The number of hydrogen-bond donors (Lipinski definition) is 1. The zero-order valence-electron chi connectivity index (χ0n) is 10.3. The van der Waals surface area contributed by atoms with E-state index in [1.807, 2.05) is 17.6 Å². The summed E-state index contributed by atoms with van der Waals surface area (Å²) >= 11 is 0. The number of aromatic nitrogens is 3. The predicted molar refractivity (Wildman–Crippen MR) is 68.3 cm³/mol. The van der Waals surface area contributed by atoms with Crippen molar-refractivity contribution in [3.05, 3.63) is 24.0 Å². The third kappa shape index (κ3) is 1.77. The molecule has 2 heterocycles. The Morgan fingerprint density at radius 2 is 2.35 bits per heavy atom. The van der Waals surface area contributed by atoms with Crippen LogP contribution in [0.2, 0.25) is 0 Å². The van der Waals surface area contributed by atoms with Crippen LogP contribution >= 0.6 is 0 Å². The number of nitrogens with zero attached hydrogens (tertiary/aromatic N) is 3. The molecule has 0 saturated heterocycles. The molecule has 4 heteroatoms. The van der Waals surface area contributed by atoms with Crippen molar-refractivity contribution in [3.63, 3.8) is 0 Å². The SMILES string of the molecule is CCC(c1cc(NC)n2nccc2n1)C1CC1. The normalized spacial score (nSPS) is 17.3. The molecule has 1 N–H and O–H groups in total. The van der Waals surface area contributed by atoms with Crippen LogP contribution in [0.3, 0.4) is 0 Å². The summed E-state index contributed by atoms with van der Waals surface area (Å²) in [5.74, 6) is 2.48. The minimum Gasteiger partial charge on any atom is -0.373 e. The van der Waals surface area contributed by atoms with E-state index in [0.29, 0.717) is 5.92 Å². The Labute approximate surface area is 101 Å². The molecule has 2 aromatic heterocycles. The molecule has 17 heavy (non-hydrogen) atoms. The first-order valence-electron chi connectivity index (χ1n) is 6.36. The zero-order chi connectivity index (χ0) is 11.8. The second-order valence-corrected chi connectivity index (χ2v) is 4.77. The third-order valence-corrected chi connectivity index (χ3v) is 3.65. The Balaban J connectivity index is 2.09. The molecular weight excluding hydrogens is 212 g/mol. The lowest BCUT2D eigenvalue weighted by atomic mass is 9.96.